The zero-order valence-electron chi connectivity index (χ0n) is 16.6. The van der Waals surface area contributed by atoms with E-state index in [2.05, 4.69) is 11.4 Å². The van der Waals surface area contributed by atoms with Gasteiger partial charge in [0.25, 0.3) is 5.91 Å². The number of nitrogens with zero attached hydrogens (tertiary/aromatic N) is 1. The van der Waals surface area contributed by atoms with Crippen LogP contribution in [0.1, 0.15) is 32.6 Å². The van der Waals surface area contributed by atoms with Crippen LogP contribution >= 0.6 is 11.8 Å². The van der Waals surface area contributed by atoms with E-state index in [0.29, 0.717) is 11.3 Å². The fourth-order valence-corrected chi connectivity index (χ4v) is 4.20. The summed E-state index contributed by atoms with van der Waals surface area (Å²) < 4.78 is 0. The Bertz CT molecular complexity index is 915. The fourth-order valence-electron chi connectivity index (χ4n) is 3.29. The summed E-state index contributed by atoms with van der Waals surface area (Å²) in [5.74, 6) is 1.79. The number of benzene rings is 2. The molecule has 0 bridgehead atoms. The molecular weight excluding hydrogens is 368 g/mol. The highest BCUT2D eigenvalue weighted by molar-refractivity contribution is 7.99. The third-order valence-corrected chi connectivity index (χ3v) is 5.90. The van der Waals surface area contributed by atoms with Gasteiger partial charge in [0.1, 0.15) is 0 Å². The molecule has 2 amide bonds. The van der Waals surface area contributed by atoms with Crippen molar-refractivity contribution in [2.45, 2.75) is 20.8 Å². The number of amides is 2. The molecule has 0 aromatic heterocycles. The van der Waals surface area contributed by atoms with Crippen molar-refractivity contribution in [2.75, 3.05) is 29.9 Å². The van der Waals surface area contributed by atoms with E-state index in [0.717, 1.165) is 41.3 Å². The number of aryl methyl sites for hydroxylation is 2. The van der Waals surface area contributed by atoms with Crippen molar-refractivity contribution in [3.63, 3.8) is 0 Å². The number of carbonyl (C=O) groups excluding carboxylic acids is 2. The quantitative estimate of drug-likeness (QED) is 0.780. The van der Waals surface area contributed by atoms with Crippen molar-refractivity contribution in [3.8, 4) is 0 Å². The first-order chi connectivity index (χ1) is 13.5. The van der Waals surface area contributed by atoms with Crippen LogP contribution in [0, 0.1) is 20.8 Å². The molecule has 1 aliphatic heterocycles. The molecule has 0 atom stereocenters. The second-order valence-corrected chi connectivity index (χ2v) is 8.29. The second-order valence-electron chi connectivity index (χ2n) is 7.07. The average molecular weight is 395 g/mol. The van der Waals surface area contributed by atoms with Gasteiger partial charge in [-0.05, 0) is 55.7 Å². The molecule has 2 aromatic carbocycles. The minimum atomic E-state index is -0.206. The van der Waals surface area contributed by atoms with Gasteiger partial charge in [0.05, 0.1) is 0 Å². The van der Waals surface area contributed by atoms with Gasteiger partial charge in [-0.2, -0.15) is 11.8 Å². The minimum Gasteiger partial charge on any atom is -0.337 e. The lowest BCUT2D eigenvalue weighted by molar-refractivity contribution is -0.111. The van der Waals surface area contributed by atoms with Crippen molar-refractivity contribution < 1.29 is 9.59 Å². The van der Waals surface area contributed by atoms with E-state index in [-0.39, 0.29) is 11.8 Å². The first-order valence-electron chi connectivity index (χ1n) is 9.48. The highest BCUT2D eigenvalue weighted by atomic mass is 32.2. The van der Waals surface area contributed by atoms with Crippen LogP contribution in [0.25, 0.3) is 6.08 Å². The molecule has 1 N–H and O–H groups in total. The van der Waals surface area contributed by atoms with Crippen LogP contribution in [-0.4, -0.2) is 41.3 Å². The maximum atomic E-state index is 12.8. The Morgan fingerprint density at radius 2 is 1.82 bits per heavy atom. The molecule has 3 rings (SSSR count). The Balaban J connectivity index is 1.72. The number of anilines is 1. The molecule has 1 heterocycles. The molecule has 0 unspecified atom stereocenters. The number of thioether (sulfide) groups is 1. The summed E-state index contributed by atoms with van der Waals surface area (Å²) in [4.78, 5) is 27.1. The van der Waals surface area contributed by atoms with E-state index in [1.165, 1.54) is 11.6 Å². The summed E-state index contributed by atoms with van der Waals surface area (Å²) in [5, 5.41) is 2.91. The zero-order valence-corrected chi connectivity index (χ0v) is 17.4. The van der Waals surface area contributed by atoms with Crippen molar-refractivity contribution in [1.82, 2.24) is 4.90 Å². The molecule has 2 aromatic rings. The number of nitrogens with one attached hydrogen (secondary N) is 1. The molecular formula is C23H26N2O2S. The highest BCUT2D eigenvalue weighted by Crippen LogP contribution is 2.22. The van der Waals surface area contributed by atoms with Crippen LogP contribution in [0.3, 0.4) is 0 Å². The third kappa shape index (κ3) is 4.84. The smallest absolute Gasteiger partial charge is 0.254 e. The standard InChI is InChI=1S/C23H26N2O2S/c1-16-7-8-19(17(2)15-16)9-10-22(26)24-21-6-4-5-20(18(21)3)23(27)25-11-13-28-14-12-25/h4-10,15H,11-14H2,1-3H3,(H,24,26)/b10-9+. The highest BCUT2D eigenvalue weighted by Gasteiger charge is 2.21. The Kier molecular flexibility index (Phi) is 6.57. The van der Waals surface area contributed by atoms with Crippen LogP contribution in [0.5, 0.6) is 0 Å². The van der Waals surface area contributed by atoms with Crippen molar-refractivity contribution in [2.24, 2.45) is 0 Å². The lowest BCUT2D eigenvalue weighted by Gasteiger charge is -2.27. The van der Waals surface area contributed by atoms with Gasteiger partial charge in [-0.1, -0.05) is 29.8 Å². The lowest BCUT2D eigenvalue weighted by atomic mass is 10.0. The lowest BCUT2D eigenvalue weighted by Crippen LogP contribution is -2.38. The van der Waals surface area contributed by atoms with Crippen molar-refractivity contribution >= 4 is 35.3 Å². The van der Waals surface area contributed by atoms with Gasteiger partial charge in [-0.15, -0.1) is 0 Å². The van der Waals surface area contributed by atoms with Crippen LogP contribution in [0.4, 0.5) is 5.69 Å². The van der Waals surface area contributed by atoms with Crippen LogP contribution in [-0.2, 0) is 4.79 Å². The normalized spacial score (nSPS) is 14.3. The number of hydrogen-bond acceptors (Lipinski definition) is 3. The molecule has 1 aliphatic rings. The summed E-state index contributed by atoms with van der Waals surface area (Å²) >= 11 is 1.87. The van der Waals surface area contributed by atoms with Gasteiger partial charge in [0, 0.05) is 41.9 Å². The van der Waals surface area contributed by atoms with E-state index in [1.54, 1.807) is 0 Å². The molecule has 1 saturated heterocycles. The largest absolute Gasteiger partial charge is 0.337 e. The van der Waals surface area contributed by atoms with Gasteiger partial charge >= 0.3 is 0 Å². The topological polar surface area (TPSA) is 49.4 Å². The number of carbonyl (C=O) groups is 2. The molecule has 0 radical (unpaired) electrons. The van der Waals surface area contributed by atoms with Gasteiger partial charge in [-0.25, -0.2) is 0 Å². The SMILES string of the molecule is Cc1ccc(/C=C/C(=O)Nc2cccc(C(=O)N3CCSCC3)c2C)c(C)c1. The number of hydrogen-bond donors (Lipinski definition) is 1. The fraction of sp³-hybridized carbons (Fsp3) is 0.304. The third-order valence-electron chi connectivity index (χ3n) is 4.96. The van der Waals surface area contributed by atoms with Gasteiger partial charge in [0.15, 0.2) is 0 Å². The van der Waals surface area contributed by atoms with Crippen molar-refractivity contribution in [3.05, 3.63) is 70.3 Å². The Morgan fingerprint density at radius 3 is 2.54 bits per heavy atom. The summed E-state index contributed by atoms with van der Waals surface area (Å²) in [6.07, 6.45) is 3.35. The summed E-state index contributed by atoms with van der Waals surface area (Å²) in [7, 11) is 0. The first kappa shape index (κ1) is 20.2. The van der Waals surface area contributed by atoms with Gasteiger partial charge in [-0.3, -0.25) is 9.59 Å². The van der Waals surface area contributed by atoms with Crippen molar-refractivity contribution in [1.29, 1.82) is 0 Å². The minimum absolute atomic E-state index is 0.0414. The zero-order chi connectivity index (χ0) is 20.1. The predicted molar refractivity (Wildman–Crippen MR) is 118 cm³/mol. The summed E-state index contributed by atoms with van der Waals surface area (Å²) in [5.41, 5.74) is 5.48. The molecule has 0 saturated carbocycles. The Morgan fingerprint density at radius 1 is 1.07 bits per heavy atom. The van der Waals surface area contributed by atoms with Crippen LogP contribution < -0.4 is 5.32 Å². The Hall–Kier alpha value is -2.53. The summed E-state index contributed by atoms with van der Waals surface area (Å²) in [6, 6.07) is 11.6. The maximum absolute atomic E-state index is 12.8. The van der Waals surface area contributed by atoms with E-state index >= 15 is 0 Å². The maximum Gasteiger partial charge on any atom is 0.254 e. The molecule has 4 nitrogen and oxygen atoms in total. The molecule has 5 heteroatoms. The molecule has 0 spiro atoms. The number of rotatable bonds is 4. The molecule has 0 aliphatic carbocycles. The Labute approximate surface area is 171 Å². The van der Waals surface area contributed by atoms with E-state index in [1.807, 2.05) is 73.8 Å². The molecule has 1 fully saturated rings. The van der Waals surface area contributed by atoms with E-state index in [4.69, 9.17) is 0 Å². The second kappa shape index (κ2) is 9.11. The predicted octanol–water partition coefficient (Wildman–Crippen LogP) is 4.45. The summed E-state index contributed by atoms with van der Waals surface area (Å²) in [6.45, 7) is 7.52. The van der Waals surface area contributed by atoms with Crippen LogP contribution in [0.15, 0.2) is 42.5 Å². The van der Waals surface area contributed by atoms with Gasteiger partial charge in [0.2, 0.25) is 5.91 Å². The van der Waals surface area contributed by atoms with Crippen LogP contribution in [0.2, 0.25) is 0 Å². The monoisotopic (exact) mass is 394 g/mol. The van der Waals surface area contributed by atoms with E-state index < -0.39 is 0 Å². The van der Waals surface area contributed by atoms with E-state index in [9.17, 15) is 9.59 Å². The molecule has 28 heavy (non-hydrogen) atoms. The van der Waals surface area contributed by atoms with Gasteiger partial charge < -0.3 is 10.2 Å². The average Bonchev–Trinajstić information content (AvgIpc) is 2.69. The molecule has 146 valence electrons. The first-order valence-corrected chi connectivity index (χ1v) is 10.6.